The van der Waals surface area contributed by atoms with Gasteiger partial charge in [0.2, 0.25) is 11.8 Å². The second-order valence-electron chi connectivity index (χ2n) is 14.4. The molecule has 3 aliphatic rings. The van der Waals surface area contributed by atoms with E-state index in [4.69, 9.17) is 21.1 Å². The van der Waals surface area contributed by atoms with Gasteiger partial charge in [0.1, 0.15) is 17.7 Å². The summed E-state index contributed by atoms with van der Waals surface area (Å²) in [5, 5.41) is 11.3. The third kappa shape index (κ3) is 6.87. The Hall–Kier alpha value is -4.77. The van der Waals surface area contributed by atoms with E-state index in [0.29, 0.717) is 41.1 Å². The SMILES string of the molecule is C=CCCC(=O)N(C)[C@@H](C)[C@@H](OC(=O)[C@@H]1[C@H]2C(=O)N([C@H](CO)c3ccccc3)[C@H](C(=O)N(CC=C)c3c(C)cccc3Cl)[C@]23CC[C@H]1O3)c1ccccc1. The Morgan fingerprint density at radius 3 is 2.31 bits per heavy atom. The number of aryl methyl sites for hydroxylation is 1. The molecule has 1 N–H and O–H groups in total. The molecule has 8 atom stereocenters. The van der Waals surface area contributed by atoms with E-state index in [1.807, 2.05) is 56.3 Å². The number of esters is 1. The number of halogens is 1. The maximum absolute atomic E-state index is 15.2. The van der Waals surface area contributed by atoms with Gasteiger partial charge in [-0.1, -0.05) is 96.5 Å². The molecule has 11 heteroatoms. The Bertz CT molecular complexity index is 1870. The highest BCUT2D eigenvalue weighted by Gasteiger charge is 2.76. The molecule has 2 bridgehead atoms. The highest BCUT2D eigenvalue weighted by molar-refractivity contribution is 6.34. The number of anilines is 1. The minimum atomic E-state index is -1.40. The van der Waals surface area contributed by atoms with Crippen LogP contribution in [0.5, 0.6) is 0 Å². The van der Waals surface area contributed by atoms with Crippen molar-refractivity contribution in [3.05, 3.63) is 126 Å². The Kier molecular flexibility index (Phi) is 11.8. The Labute approximate surface area is 322 Å². The van der Waals surface area contributed by atoms with Gasteiger partial charge in [-0.25, -0.2) is 0 Å². The van der Waals surface area contributed by atoms with Crippen LogP contribution in [0.1, 0.15) is 61.4 Å². The number of allylic oxidation sites excluding steroid dienone is 1. The van der Waals surface area contributed by atoms with E-state index in [9.17, 15) is 14.7 Å². The number of carbonyl (C=O) groups is 4. The van der Waals surface area contributed by atoms with Crippen LogP contribution in [0.4, 0.5) is 5.69 Å². The minimum Gasteiger partial charge on any atom is -0.455 e. The zero-order chi connectivity index (χ0) is 38.7. The van der Waals surface area contributed by atoms with Crippen molar-refractivity contribution in [2.24, 2.45) is 11.8 Å². The van der Waals surface area contributed by atoms with Crippen LogP contribution in [0.15, 0.2) is 104 Å². The van der Waals surface area contributed by atoms with Crippen molar-refractivity contribution >= 4 is 41.0 Å². The number of benzene rings is 3. The van der Waals surface area contributed by atoms with Crippen LogP contribution in [0.25, 0.3) is 0 Å². The molecule has 3 saturated heterocycles. The first-order chi connectivity index (χ1) is 26.0. The van der Waals surface area contributed by atoms with Crippen LogP contribution in [0.2, 0.25) is 5.02 Å². The number of nitrogens with zero attached hydrogens (tertiary/aromatic N) is 3. The maximum atomic E-state index is 15.2. The molecule has 3 aliphatic heterocycles. The van der Waals surface area contributed by atoms with Gasteiger partial charge in [0, 0.05) is 20.0 Å². The number of aliphatic hydroxyl groups excluding tert-OH is 1. The molecule has 3 heterocycles. The molecule has 1 spiro atoms. The van der Waals surface area contributed by atoms with Crippen molar-refractivity contribution in [3.8, 4) is 0 Å². The molecule has 3 fully saturated rings. The molecular formula is C43H48ClN3O7. The van der Waals surface area contributed by atoms with Gasteiger partial charge in [-0.05, 0) is 55.9 Å². The average molecular weight is 754 g/mol. The maximum Gasteiger partial charge on any atom is 0.313 e. The Morgan fingerprint density at radius 2 is 1.70 bits per heavy atom. The number of fused-ring (bicyclic) bond motifs is 1. The van der Waals surface area contributed by atoms with Gasteiger partial charge in [0.05, 0.1) is 47.3 Å². The van der Waals surface area contributed by atoms with Gasteiger partial charge in [-0.2, -0.15) is 0 Å². The van der Waals surface area contributed by atoms with Crippen LogP contribution in [-0.4, -0.2) is 82.6 Å². The predicted octanol–water partition coefficient (Wildman–Crippen LogP) is 6.37. The molecule has 284 valence electrons. The van der Waals surface area contributed by atoms with E-state index in [1.54, 1.807) is 60.5 Å². The summed E-state index contributed by atoms with van der Waals surface area (Å²) in [6, 6.07) is 20.9. The number of rotatable bonds is 15. The highest BCUT2D eigenvalue weighted by atomic mass is 35.5. The summed E-state index contributed by atoms with van der Waals surface area (Å²) in [6.07, 6.45) is 3.23. The van der Waals surface area contributed by atoms with Crippen LogP contribution in [-0.2, 0) is 28.7 Å². The van der Waals surface area contributed by atoms with Crippen LogP contribution in [0.3, 0.4) is 0 Å². The van der Waals surface area contributed by atoms with Gasteiger partial charge in [-0.15, -0.1) is 13.2 Å². The zero-order valence-electron chi connectivity index (χ0n) is 31.0. The molecule has 10 nitrogen and oxygen atoms in total. The number of aliphatic hydroxyl groups is 1. The third-order valence-electron chi connectivity index (χ3n) is 11.3. The van der Waals surface area contributed by atoms with Crippen molar-refractivity contribution < 1.29 is 33.8 Å². The van der Waals surface area contributed by atoms with E-state index in [1.165, 1.54) is 9.80 Å². The summed E-state index contributed by atoms with van der Waals surface area (Å²) < 4.78 is 13.1. The fourth-order valence-corrected chi connectivity index (χ4v) is 8.98. The summed E-state index contributed by atoms with van der Waals surface area (Å²) in [5.41, 5.74) is 1.14. The topological polar surface area (TPSA) is 117 Å². The number of hydrogen-bond acceptors (Lipinski definition) is 7. The summed E-state index contributed by atoms with van der Waals surface area (Å²) >= 11 is 6.74. The molecule has 3 amide bonds. The lowest BCUT2D eigenvalue weighted by atomic mass is 9.70. The normalized spacial score (nSPS) is 24.3. The fourth-order valence-electron chi connectivity index (χ4n) is 8.66. The quantitative estimate of drug-likeness (QED) is 0.142. The molecule has 0 unspecified atom stereocenters. The molecule has 6 rings (SSSR count). The van der Waals surface area contributed by atoms with Crippen molar-refractivity contribution in [2.75, 3.05) is 25.1 Å². The number of para-hydroxylation sites is 1. The van der Waals surface area contributed by atoms with Crippen LogP contribution in [0, 0.1) is 18.8 Å². The smallest absolute Gasteiger partial charge is 0.313 e. The summed E-state index contributed by atoms with van der Waals surface area (Å²) in [5.74, 6) is -3.83. The minimum absolute atomic E-state index is 0.0857. The van der Waals surface area contributed by atoms with Crippen molar-refractivity contribution in [3.63, 3.8) is 0 Å². The lowest BCUT2D eigenvalue weighted by molar-refractivity contribution is -0.165. The first kappa shape index (κ1) is 38.9. The molecule has 0 saturated carbocycles. The van der Waals surface area contributed by atoms with Gasteiger partial charge < -0.3 is 29.3 Å². The molecule has 0 radical (unpaired) electrons. The van der Waals surface area contributed by atoms with Crippen LogP contribution < -0.4 is 4.90 Å². The van der Waals surface area contributed by atoms with Crippen molar-refractivity contribution in [2.45, 2.75) is 75.5 Å². The summed E-state index contributed by atoms with van der Waals surface area (Å²) in [6.45, 7) is 10.9. The highest BCUT2D eigenvalue weighted by Crippen LogP contribution is 2.60. The second-order valence-corrected chi connectivity index (χ2v) is 14.8. The Balaban J connectivity index is 1.42. The van der Waals surface area contributed by atoms with Crippen molar-refractivity contribution in [1.82, 2.24) is 9.80 Å². The van der Waals surface area contributed by atoms with E-state index >= 15 is 9.59 Å². The van der Waals surface area contributed by atoms with E-state index in [-0.39, 0.29) is 18.9 Å². The number of likely N-dealkylation sites (tertiary alicyclic amines) is 1. The first-order valence-corrected chi connectivity index (χ1v) is 18.8. The largest absolute Gasteiger partial charge is 0.455 e. The number of amides is 3. The number of ether oxygens (including phenoxy) is 2. The monoisotopic (exact) mass is 753 g/mol. The van der Waals surface area contributed by atoms with E-state index < -0.39 is 72.2 Å². The standard InChI is InChI=1S/C43H48ClN3O7/c1-6-8-22-34(49)45(5)28(4)38(30-19-13-10-14-20-30)53-42(52)35-33-23-24-43(54-33)36(35)40(50)47(32(26-48)29-17-11-9-12-18-29)39(43)41(51)46(25-7-2)37-27(3)16-15-21-31(37)44/h6-7,9-21,28,32-33,35-36,38-39,48H,1-2,8,22-26H2,3-5H3/t28-,32+,33+,35-,36-,38+,39+,43-/m0/s1. The molecule has 3 aromatic carbocycles. The van der Waals surface area contributed by atoms with Gasteiger partial charge in [-0.3, -0.25) is 19.2 Å². The zero-order valence-corrected chi connectivity index (χ0v) is 31.7. The summed E-state index contributed by atoms with van der Waals surface area (Å²) in [4.78, 5) is 62.5. The van der Waals surface area contributed by atoms with Gasteiger partial charge in [0.25, 0.3) is 5.91 Å². The number of hydrogen-bond donors (Lipinski definition) is 1. The predicted molar refractivity (Wildman–Crippen MR) is 206 cm³/mol. The van der Waals surface area contributed by atoms with E-state index in [0.717, 1.165) is 5.56 Å². The molecule has 3 aromatic rings. The number of carbonyl (C=O) groups excluding carboxylic acids is 4. The fraction of sp³-hybridized carbons (Fsp3) is 0.395. The van der Waals surface area contributed by atoms with Gasteiger partial charge in [0.15, 0.2) is 0 Å². The van der Waals surface area contributed by atoms with E-state index in [2.05, 4.69) is 13.2 Å². The molecule has 0 aliphatic carbocycles. The average Bonchev–Trinajstić information content (AvgIpc) is 3.83. The van der Waals surface area contributed by atoms with Crippen molar-refractivity contribution in [1.29, 1.82) is 0 Å². The first-order valence-electron chi connectivity index (χ1n) is 18.5. The lowest BCUT2D eigenvalue weighted by Crippen LogP contribution is -2.57. The lowest BCUT2D eigenvalue weighted by Gasteiger charge is -2.39. The van der Waals surface area contributed by atoms with Crippen LogP contribution >= 0.6 is 11.6 Å². The van der Waals surface area contributed by atoms with Gasteiger partial charge >= 0.3 is 5.97 Å². The second kappa shape index (κ2) is 16.3. The Morgan fingerprint density at radius 1 is 1.04 bits per heavy atom. The summed E-state index contributed by atoms with van der Waals surface area (Å²) in [7, 11) is 1.68. The third-order valence-corrected chi connectivity index (χ3v) is 11.7. The number of likely N-dealkylation sites (N-methyl/N-ethyl adjacent to an activating group) is 1. The molecule has 0 aromatic heterocycles. The molecular weight excluding hydrogens is 706 g/mol. The molecule has 54 heavy (non-hydrogen) atoms.